The average Bonchev–Trinajstić information content (AvgIpc) is 2.71. The molecule has 3 rings (SSSR count). The molecule has 8 heteroatoms. The SMILES string of the molecule is CNC(=O)C(=NOC)c1ccccc1COc1cc(Cl)c(OCC2CCC2)c(Cl)c1. The van der Waals surface area contributed by atoms with Crippen LogP contribution in [0.15, 0.2) is 41.6 Å². The number of ether oxygens (including phenoxy) is 2. The van der Waals surface area contributed by atoms with Crippen LogP contribution in [0.3, 0.4) is 0 Å². The summed E-state index contributed by atoms with van der Waals surface area (Å²) in [6.07, 6.45) is 3.61. The number of likely N-dealkylation sites (N-methyl/N-ethyl adjacent to an activating group) is 1. The highest BCUT2D eigenvalue weighted by molar-refractivity contribution is 6.45. The molecule has 0 saturated heterocycles. The summed E-state index contributed by atoms with van der Waals surface area (Å²) in [7, 11) is 2.92. The van der Waals surface area contributed by atoms with Crippen LogP contribution in [-0.2, 0) is 16.2 Å². The smallest absolute Gasteiger partial charge is 0.273 e. The van der Waals surface area contributed by atoms with Crippen molar-refractivity contribution in [1.29, 1.82) is 0 Å². The van der Waals surface area contributed by atoms with Gasteiger partial charge in [-0.3, -0.25) is 4.79 Å². The Morgan fingerprint density at radius 2 is 1.87 bits per heavy atom. The number of oxime groups is 1. The van der Waals surface area contributed by atoms with E-state index in [0.717, 1.165) is 5.56 Å². The van der Waals surface area contributed by atoms with Gasteiger partial charge in [0.1, 0.15) is 19.5 Å². The number of rotatable bonds is 9. The minimum absolute atomic E-state index is 0.162. The van der Waals surface area contributed by atoms with E-state index in [1.54, 1.807) is 18.2 Å². The molecular formula is C22H24Cl2N2O4. The van der Waals surface area contributed by atoms with Gasteiger partial charge in [0.05, 0.1) is 16.7 Å². The molecule has 0 bridgehead atoms. The van der Waals surface area contributed by atoms with E-state index in [1.807, 2.05) is 18.2 Å². The van der Waals surface area contributed by atoms with E-state index in [4.69, 9.17) is 37.5 Å². The lowest BCUT2D eigenvalue weighted by molar-refractivity contribution is -0.114. The Morgan fingerprint density at radius 1 is 1.17 bits per heavy atom. The van der Waals surface area contributed by atoms with E-state index in [9.17, 15) is 4.79 Å². The molecule has 1 N–H and O–H groups in total. The quantitative estimate of drug-likeness (QED) is 0.437. The van der Waals surface area contributed by atoms with Gasteiger partial charge in [0.25, 0.3) is 5.91 Å². The number of amides is 1. The molecule has 1 amide bonds. The minimum atomic E-state index is -0.358. The van der Waals surface area contributed by atoms with Gasteiger partial charge in [0, 0.05) is 24.7 Å². The van der Waals surface area contributed by atoms with Crippen molar-refractivity contribution >= 4 is 34.8 Å². The number of hydrogen-bond acceptors (Lipinski definition) is 5. The summed E-state index contributed by atoms with van der Waals surface area (Å²) in [4.78, 5) is 17.0. The predicted octanol–water partition coefficient (Wildman–Crippen LogP) is 4.85. The highest BCUT2D eigenvalue weighted by Gasteiger charge is 2.20. The minimum Gasteiger partial charge on any atom is -0.490 e. The van der Waals surface area contributed by atoms with E-state index < -0.39 is 0 Å². The highest BCUT2D eigenvalue weighted by atomic mass is 35.5. The van der Waals surface area contributed by atoms with Crippen LogP contribution in [0.25, 0.3) is 0 Å². The molecule has 2 aromatic carbocycles. The maximum atomic E-state index is 12.2. The number of nitrogens with zero attached hydrogens (tertiary/aromatic N) is 1. The van der Waals surface area contributed by atoms with E-state index in [2.05, 4.69) is 10.5 Å². The van der Waals surface area contributed by atoms with Gasteiger partial charge in [-0.15, -0.1) is 0 Å². The van der Waals surface area contributed by atoms with Crippen molar-refractivity contribution in [2.75, 3.05) is 20.8 Å². The summed E-state index contributed by atoms with van der Waals surface area (Å²) in [6.45, 7) is 0.805. The molecule has 1 aliphatic carbocycles. The summed E-state index contributed by atoms with van der Waals surface area (Å²) in [6, 6.07) is 10.7. The third-order valence-corrected chi connectivity index (χ3v) is 5.51. The number of benzene rings is 2. The first kappa shape index (κ1) is 22.2. The fourth-order valence-corrected chi connectivity index (χ4v) is 3.66. The van der Waals surface area contributed by atoms with Crippen molar-refractivity contribution in [3.05, 3.63) is 57.6 Å². The zero-order valence-corrected chi connectivity index (χ0v) is 18.4. The molecule has 0 aliphatic heterocycles. The monoisotopic (exact) mass is 450 g/mol. The standard InChI is InChI=1S/C22H24Cl2N2O4/c1-25-22(27)20(26-28-2)17-9-4-3-8-15(17)13-29-16-10-18(23)21(19(24)11-16)30-12-14-6-5-7-14/h3-4,8-11,14H,5-7,12-13H2,1-2H3,(H,25,27). The van der Waals surface area contributed by atoms with Crippen molar-refractivity contribution in [3.63, 3.8) is 0 Å². The highest BCUT2D eigenvalue weighted by Crippen LogP contribution is 2.38. The van der Waals surface area contributed by atoms with Crippen molar-refractivity contribution in [2.24, 2.45) is 11.1 Å². The lowest BCUT2D eigenvalue weighted by Gasteiger charge is -2.25. The van der Waals surface area contributed by atoms with E-state index in [-0.39, 0.29) is 18.2 Å². The second-order valence-corrected chi connectivity index (χ2v) is 7.79. The molecule has 0 radical (unpaired) electrons. The van der Waals surface area contributed by atoms with Gasteiger partial charge in [-0.25, -0.2) is 0 Å². The van der Waals surface area contributed by atoms with Gasteiger partial charge in [-0.05, 0) is 24.3 Å². The van der Waals surface area contributed by atoms with Gasteiger partial charge >= 0.3 is 0 Å². The molecule has 6 nitrogen and oxygen atoms in total. The summed E-state index contributed by atoms with van der Waals surface area (Å²) in [5.74, 6) is 1.20. The van der Waals surface area contributed by atoms with Crippen LogP contribution in [0.2, 0.25) is 10.0 Å². The summed E-state index contributed by atoms with van der Waals surface area (Å²) < 4.78 is 11.7. The third kappa shape index (κ3) is 5.37. The summed E-state index contributed by atoms with van der Waals surface area (Å²) in [5.41, 5.74) is 1.53. The molecular weight excluding hydrogens is 427 g/mol. The normalized spacial score (nSPS) is 14.1. The molecule has 1 fully saturated rings. The van der Waals surface area contributed by atoms with Crippen LogP contribution >= 0.6 is 23.2 Å². The van der Waals surface area contributed by atoms with Gasteiger partial charge < -0.3 is 19.6 Å². The molecule has 0 atom stereocenters. The maximum Gasteiger partial charge on any atom is 0.273 e. The molecule has 0 spiro atoms. The molecule has 2 aromatic rings. The zero-order chi connectivity index (χ0) is 21.5. The molecule has 0 aromatic heterocycles. The van der Waals surface area contributed by atoms with Gasteiger partial charge in [-0.2, -0.15) is 0 Å². The fourth-order valence-electron chi connectivity index (χ4n) is 3.08. The Balaban J connectivity index is 1.74. The first-order chi connectivity index (χ1) is 14.5. The van der Waals surface area contributed by atoms with Crippen LogP contribution in [0, 0.1) is 5.92 Å². The first-order valence-corrected chi connectivity index (χ1v) is 10.4. The Hall–Kier alpha value is -2.44. The molecule has 0 heterocycles. The van der Waals surface area contributed by atoms with Crippen molar-refractivity contribution in [2.45, 2.75) is 25.9 Å². The summed E-state index contributed by atoms with van der Waals surface area (Å²) in [5, 5.41) is 7.22. The second kappa shape index (κ2) is 10.5. The Bertz CT molecular complexity index is 906. The first-order valence-electron chi connectivity index (χ1n) is 9.69. The van der Waals surface area contributed by atoms with Gasteiger partial charge in [-0.1, -0.05) is 59.0 Å². The van der Waals surface area contributed by atoms with Gasteiger partial charge in [0.2, 0.25) is 0 Å². The fraction of sp³-hybridized carbons (Fsp3) is 0.364. The topological polar surface area (TPSA) is 69.2 Å². The Labute approximate surface area is 186 Å². The average molecular weight is 451 g/mol. The Morgan fingerprint density at radius 3 is 2.47 bits per heavy atom. The molecule has 1 saturated carbocycles. The van der Waals surface area contributed by atoms with E-state index in [1.165, 1.54) is 33.4 Å². The number of hydrogen-bond donors (Lipinski definition) is 1. The van der Waals surface area contributed by atoms with Crippen molar-refractivity contribution < 1.29 is 19.1 Å². The predicted molar refractivity (Wildman–Crippen MR) is 118 cm³/mol. The van der Waals surface area contributed by atoms with Crippen LogP contribution in [0.5, 0.6) is 11.5 Å². The third-order valence-electron chi connectivity index (χ3n) is 4.95. The van der Waals surface area contributed by atoms with E-state index in [0.29, 0.717) is 39.6 Å². The van der Waals surface area contributed by atoms with Crippen LogP contribution < -0.4 is 14.8 Å². The number of carbonyl (C=O) groups excluding carboxylic acids is 1. The summed E-state index contributed by atoms with van der Waals surface area (Å²) >= 11 is 12.7. The maximum absolute atomic E-state index is 12.2. The molecule has 160 valence electrons. The molecule has 0 unspecified atom stereocenters. The Kier molecular flexibility index (Phi) is 7.82. The zero-order valence-electron chi connectivity index (χ0n) is 16.9. The number of nitrogens with one attached hydrogen (secondary N) is 1. The molecule has 30 heavy (non-hydrogen) atoms. The lowest BCUT2D eigenvalue weighted by Crippen LogP contribution is -2.29. The van der Waals surface area contributed by atoms with Crippen molar-refractivity contribution in [1.82, 2.24) is 5.32 Å². The van der Waals surface area contributed by atoms with Gasteiger partial charge in [0.15, 0.2) is 11.5 Å². The van der Waals surface area contributed by atoms with Crippen molar-refractivity contribution in [3.8, 4) is 11.5 Å². The largest absolute Gasteiger partial charge is 0.490 e. The van der Waals surface area contributed by atoms with Crippen LogP contribution in [-0.4, -0.2) is 32.4 Å². The van der Waals surface area contributed by atoms with E-state index >= 15 is 0 Å². The number of halogens is 2. The number of carbonyl (C=O) groups is 1. The van der Waals surface area contributed by atoms with Crippen LogP contribution in [0.1, 0.15) is 30.4 Å². The van der Waals surface area contributed by atoms with Crippen LogP contribution in [0.4, 0.5) is 0 Å². The lowest BCUT2D eigenvalue weighted by atomic mass is 9.86. The second-order valence-electron chi connectivity index (χ2n) is 6.97. The molecule has 1 aliphatic rings.